The van der Waals surface area contributed by atoms with Gasteiger partial charge >= 0.3 is 0 Å². The lowest BCUT2D eigenvalue weighted by Gasteiger charge is -2.05. The minimum Gasteiger partial charge on any atom is -0.350 e. The highest BCUT2D eigenvalue weighted by Gasteiger charge is 2.06. The normalized spacial score (nSPS) is 10.2. The second kappa shape index (κ2) is 6.29. The van der Waals surface area contributed by atoms with Crippen molar-refractivity contribution < 1.29 is 9.18 Å². The summed E-state index contributed by atoms with van der Waals surface area (Å²) >= 11 is 5.76. The first-order valence-electron chi connectivity index (χ1n) is 5.75. The van der Waals surface area contributed by atoms with Crippen LogP contribution in [0.15, 0.2) is 42.6 Å². The molecule has 0 radical (unpaired) electrons. The fourth-order valence-electron chi connectivity index (χ4n) is 1.58. The zero-order valence-electron chi connectivity index (χ0n) is 10.1. The number of nitrogens with zero attached hydrogens (tertiary/aromatic N) is 1. The van der Waals surface area contributed by atoms with Crippen molar-refractivity contribution in [2.75, 3.05) is 0 Å². The first kappa shape index (κ1) is 13.5. The SMILES string of the molecule is O=C(Cc1ccc(Cl)cc1)NCc1ncccc1F. The van der Waals surface area contributed by atoms with E-state index in [2.05, 4.69) is 10.3 Å². The lowest BCUT2D eigenvalue weighted by atomic mass is 10.1. The van der Waals surface area contributed by atoms with Crippen molar-refractivity contribution in [2.45, 2.75) is 13.0 Å². The van der Waals surface area contributed by atoms with Crippen molar-refractivity contribution in [1.29, 1.82) is 0 Å². The summed E-state index contributed by atoms with van der Waals surface area (Å²) < 4.78 is 13.3. The molecule has 1 aromatic heterocycles. The number of pyridine rings is 1. The first-order chi connectivity index (χ1) is 9.15. The maximum Gasteiger partial charge on any atom is 0.224 e. The van der Waals surface area contributed by atoms with Gasteiger partial charge in [-0.2, -0.15) is 0 Å². The van der Waals surface area contributed by atoms with Crippen LogP contribution in [0.4, 0.5) is 4.39 Å². The van der Waals surface area contributed by atoms with Crippen molar-refractivity contribution in [3.8, 4) is 0 Å². The number of carbonyl (C=O) groups excluding carboxylic acids is 1. The maximum atomic E-state index is 13.3. The first-order valence-corrected chi connectivity index (χ1v) is 6.13. The van der Waals surface area contributed by atoms with E-state index in [9.17, 15) is 9.18 Å². The number of nitrogens with one attached hydrogen (secondary N) is 1. The molecule has 2 rings (SSSR count). The number of aromatic nitrogens is 1. The van der Waals surface area contributed by atoms with E-state index in [1.165, 1.54) is 18.3 Å². The van der Waals surface area contributed by atoms with E-state index >= 15 is 0 Å². The van der Waals surface area contributed by atoms with Crippen LogP contribution in [0.2, 0.25) is 5.02 Å². The summed E-state index contributed by atoms with van der Waals surface area (Å²) in [6, 6.07) is 9.83. The highest BCUT2D eigenvalue weighted by Crippen LogP contribution is 2.10. The minimum absolute atomic E-state index is 0.0824. The van der Waals surface area contributed by atoms with Crippen molar-refractivity contribution in [2.24, 2.45) is 0 Å². The molecule has 0 aliphatic heterocycles. The number of carbonyl (C=O) groups is 1. The zero-order chi connectivity index (χ0) is 13.7. The topological polar surface area (TPSA) is 42.0 Å². The molecule has 0 saturated carbocycles. The third-order valence-electron chi connectivity index (χ3n) is 2.57. The van der Waals surface area contributed by atoms with E-state index in [0.717, 1.165) is 5.56 Å². The summed E-state index contributed by atoms with van der Waals surface area (Å²) in [4.78, 5) is 15.5. The summed E-state index contributed by atoms with van der Waals surface area (Å²) in [5.74, 6) is -0.610. The van der Waals surface area contributed by atoms with Gasteiger partial charge in [-0.25, -0.2) is 4.39 Å². The Morgan fingerprint density at radius 2 is 2.00 bits per heavy atom. The molecule has 0 aliphatic carbocycles. The van der Waals surface area contributed by atoms with Gasteiger partial charge in [0.05, 0.1) is 18.7 Å². The van der Waals surface area contributed by atoms with Crippen LogP contribution in [0.5, 0.6) is 0 Å². The van der Waals surface area contributed by atoms with Crippen LogP contribution >= 0.6 is 11.6 Å². The Balaban J connectivity index is 1.88. The molecule has 1 heterocycles. The van der Waals surface area contributed by atoms with E-state index in [4.69, 9.17) is 11.6 Å². The number of hydrogen-bond donors (Lipinski definition) is 1. The molecule has 0 fully saturated rings. The van der Waals surface area contributed by atoms with E-state index in [-0.39, 0.29) is 24.6 Å². The van der Waals surface area contributed by atoms with E-state index in [0.29, 0.717) is 5.02 Å². The largest absolute Gasteiger partial charge is 0.350 e. The molecule has 0 spiro atoms. The van der Waals surface area contributed by atoms with Gasteiger partial charge in [-0.3, -0.25) is 9.78 Å². The van der Waals surface area contributed by atoms with E-state index in [1.807, 2.05) is 0 Å². The van der Waals surface area contributed by atoms with Crippen molar-refractivity contribution in [3.05, 3.63) is 64.7 Å². The standard InChI is InChI=1S/C14H12ClFN2O/c15-11-5-3-10(4-6-11)8-14(19)18-9-13-12(16)2-1-7-17-13/h1-7H,8-9H2,(H,18,19). The molecule has 98 valence electrons. The van der Waals surface area contributed by atoms with Gasteiger partial charge in [-0.05, 0) is 29.8 Å². The molecule has 0 unspecified atom stereocenters. The Labute approximate surface area is 115 Å². The fourth-order valence-corrected chi connectivity index (χ4v) is 1.71. The molecular formula is C14H12ClFN2O. The Bertz CT molecular complexity index is 572. The number of halogens is 2. The summed E-state index contributed by atoms with van der Waals surface area (Å²) in [5.41, 5.74) is 1.08. The molecule has 2 aromatic rings. The average molecular weight is 279 g/mol. The van der Waals surface area contributed by atoms with Crippen LogP contribution in [0.1, 0.15) is 11.3 Å². The molecule has 0 bridgehead atoms. The highest BCUT2D eigenvalue weighted by molar-refractivity contribution is 6.30. The second-order valence-corrected chi connectivity index (χ2v) is 4.45. The van der Waals surface area contributed by atoms with Gasteiger partial charge in [0.1, 0.15) is 5.82 Å². The number of hydrogen-bond acceptors (Lipinski definition) is 2. The summed E-state index contributed by atoms with van der Waals surface area (Å²) in [7, 11) is 0. The second-order valence-electron chi connectivity index (χ2n) is 4.01. The molecule has 1 N–H and O–H groups in total. The van der Waals surface area contributed by atoms with Crippen LogP contribution in [0.25, 0.3) is 0 Å². The van der Waals surface area contributed by atoms with Gasteiger partial charge < -0.3 is 5.32 Å². The molecule has 0 atom stereocenters. The van der Waals surface area contributed by atoms with Gasteiger partial charge in [0.25, 0.3) is 0 Å². The van der Waals surface area contributed by atoms with Gasteiger partial charge in [-0.1, -0.05) is 23.7 Å². The van der Waals surface area contributed by atoms with Crippen LogP contribution in [-0.2, 0) is 17.8 Å². The predicted octanol–water partition coefficient (Wildman–Crippen LogP) is 2.73. The smallest absolute Gasteiger partial charge is 0.224 e. The third kappa shape index (κ3) is 4.03. The van der Waals surface area contributed by atoms with Crippen LogP contribution in [-0.4, -0.2) is 10.9 Å². The van der Waals surface area contributed by atoms with Gasteiger partial charge in [-0.15, -0.1) is 0 Å². The number of rotatable bonds is 4. The zero-order valence-corrected chi connectivity index (χ0v) is 10.8. The Morgan fingerprint density at radius 1 is 1.26 bits per heavy atom. The van der Waals surface area contributed by atoms with Crippen molar-refractivity contribution >= 4 is 17.5 Å². The fraction of sp³-hybridized carbons (Fsp3) is 0.143. The minimum atomic E-state index is -0.422. The van der Waals surface area contributed by atoms with Gasteiger partial charge in [0, 0.05) is 11.2 Å². The molecule has 3 nitrogen and oxygen atoms in total. The van der Waals surface area contributed by atoms with Crippen molar-refractivity contribution in [1.82, 2.24) is 10.3 Å². The predicted molar refractivity (Wildman–Crippen MR) is 71.2 cm³/mol. The molecule has 0 aliphatic rings. The van der Waals surface area contributed by atoms with E-state index in [1.54, 1.807) is 24.3 Å². The number of amides is 1. The Hall–Kier alpha value is -1.94. The molecular weight excluding hydrogens is 267 g/mol. The molecule has 19 heavy (non-hydrogen) atoms. The molecule has 1 aromatic carbocycles. The Kier molecular flexibility index (Phi) is 4.47. The summed E-state index contributed by atoms with van der Waals surface area (Å²) in [6.07, 6.45) is 1.72. The summed E-state index contributed by atoms with van der Waals surface area (Å²) in [6.45, 7) is 0.0824. The molecule has 0 saturated heterocycles. The lowest BCUT2D eigenvalue weighted by Crippen LogP contribution is -2.25. The third-order valence-corrected chi connectivity index (χ3v) is 2.82. The number of benzene rings is 1. The maximum absolute atomic E-state index is 13.3. The van der Waals surface area contributed by atoms with Crippen molar-refractivity contribution in [3.63, 3.8) is 0 Å². The highest BCUT2D eigenvalue weighted by atomic mass is 35.5. The van der Waals surface area contributed by atoms with Gasteiger partial charge in [0.15, 0.2) is 0 Å². The monoisotopic (exact) mass is 278 g/mol. The molecule has 1 amide bonds. The average Bonchev–Trinajstić information content (AvgIpc) is 2.40. The summed E-state index contributed by atoms with van der Waals surface area (Å²) in [5, 5.41) is 3.25. The quantitative estimate of drug-likeness (QED) is 0.934. The Morgan fingerprint density at radius 3 is 2.68 bits per heavy atom. The van der Waals surface area contributed by atoms with Crippen LogP contribution < -0.4 is 5.32 Å². The van der Waals surface area contributed by atoms with E-state index < -0.39 is 5.82 Å². The van der Waals surface area contributed by atoms with Crippen LogP contribution in [0, 0.1) is 5.82 Å². The lowest BCUT2D eigenvalue weighted by molar-refractivity contribution is -0.120. The van der Waals surface area contributed by atoms with Gasteiger partial charge in [0.2, 0.25) is 5.91 Å². The van der Waals surface area contributed by atoms with Crippen LogP contribution in [0.3, 0.4) is 0 Å². The molecule has 5 heteroatoms.